The third-order valence-corrected chi connectivity index (χ3v) is 2.87. The van der Waals surface area contributed by atoms with Crippen molar-refractivity contribution in [2.45, 2.75) is 19.8 Å². The van der Waals surface area contributed by atoms with Crippen molar-refractivity contribution in [2.75, 3.05) is 25.1 Å². The summed E-state index contributed by atoms with van der Waals surface area (Å²) in [5.41, 5.74) is 2.53. The minimum atomic E-state index is 0.680. The quantitative estimate of drug-likeness (QED) is 0.819. The smallest absolute Gasteiger partial charge is 0.0511 e. The molecule has 2 rings (SSSR count). The zero-order chi connectivity index (χ0) is 10.5. The van der Waals surface area contributed by atoms with Crippen LogP contribution in [0, 0.1) is 12.8 Å². The van der Waals surface area contributed by atoms with Gasteiger partial charge in [0.15, 0.2) is 0 Å². The predicted molar refractivity (Wildman–Crippen MR) is 63.2 cm³/mol. The first-order valence-corrected chi connectivity index (χ1v) is 5.73. The second-order valence-electron chi connectivity index (χ2n) is 4.33. The molecule has 1 fully saturated rings. The number of nitrogens with one attached hydrogen (secondary N) is 1. The van der Waals surface area contributed by atoms with Gasteiger partial charge in [0.1, 0.15) is 0 Å². The molecule has 1 unspecified atom stereocenters. The average molecular weight is 205 g/mol. The van der Waals surface area contributed by atoms with Crippen molar-refractivity contribution in [3.63, 3.8) is 0 Å². The van der Waals surface area contributed by atoms with Crippen LogP contribution in [0.2, 0.25) is 0 Å². The molecule has 1 aromatic rings. The number of hydrogen-bond donors (Lipinski definition) is 1. The van der Waals surface area contributed by atoms with Gasteiger partial charge in [0.25, 0.3) is 0 Å². The Balaban J connectivity index is 1.81. The molecule has 15 heavy (non-hydrogen) atoms. The molecule has 82 valence electrons. The number of aryl methyl sites for hydroxylation is 1. The second-order valence-corrected chi connectivity index (χ2v) is 4.33. The van der Waals surface area contributed by atoms with Crippen LogP contribution < -0.4 is 5.32 Å². The van der Waals surface area contributed by atoms with Gasteiger partial charge in [-0.1, -0.05) is 12.1 Å². The van der Waals surface area contributed by atoms with Crippen LogP contribution >= 0.6 is 0 Å². The minimum Gasteiger partial charge on any atom is -0.385 e. The van der Waals surface area contributed by atoms with Crippen molar-refractivity contribution in [1.29, 1.82) is 0 Å². The summed E-state index contributed by atoms with van der Waals surface area (Å²) < 4.78 is 5.45. The molecule has 2 nitrogen and oxygen atoms in total. The average Bonchev–Trinajstić information content (AvgIpc) is 2.28. The van der Waals surface area contributed by atoms with Gasteiger partial charge in [-0.15, -0.1) is 0 Å². The summed E-state index contributed by atoms with van der Waals surface area (Å²) in [6.45, 7) is 5.01. The van der Waals surface area contributed by atoms with E-state index in [1.54, 1.807) is 0 Å². The Morgan fingerprint density at radius 2 is 2.40 bits per heavy atom. The van der Waals surface area contributed by atoms with Gasteiger partial charge in [-0.25, -0.2) is 0 Å². The van der Waals surface area contributed by atoms with E-state index in [2.05, 4.69) is 36.5 Å². The zero-order valence-electron chi connectivity index (χ0n) is 9.33. The fourth-order valence-corrected chi connectivity index (χ4v) is 1.99. The molecule has 0 aromatic heterocycles. The fourth-order valence-electron chi connectivity index (χ4n) is 1.99. The molecular formula is C13H19NO. The molecule has 1 atom stereocenters. The van der Waals surface area contributed by atoms with Gasteiger partial charge in [0.2, 0.25) is 0 Å². The summed E-state index contributed by atoms with van der Waals surface area (Å²) >= 11 is 0. The first kappa shape index (κ1) is 10.5. The Kier molecular flexibility index (Phi) is 3.62. The van der Waals surface area contributed by atoms with Gasteiger partial charge in [-0.2, -0.15) is 0 Å². The van der Waals surface area contributed by atoms with Crippen LogP contribution in [0.5, 0.6) is 0 Å². The third-order valence-electron chi connectivity index (χ3n) is 2.87. The lowest BCUT2D eigenvalue weighted by Crippen LogP contribution is -2.24. The highest BCUT2D eigenvalue weighted by molar-refractivity contribution is 5.45. The highest BCUT2D eigenvalue weighted by Crippen LogP contribution is 2.15. The fraction of sp³-hybridized carbons (Fsp3) is 0.538. The standard InChI is InChI=1S/C13H19NO/c1-11-4-2-6-13(8-11)14-9-12-5-3-7-15-10-12/h2,4,6,8,12,14H,3,5,7,9-10H2,1H3. The Morgan fingerprint density at radius 1 is 1.47 bits per heavy atom. The van der Waals surface area contributed by atoms with E-state index in [1.165, 1.54) is 24.1 Å². The minimum absolute atomic E-state index is 0.680. The van der Waals surface area contributed by atoms with Crippen LogP contribution in [0.3, 0.4) is 0 Å². The van der Waals surface area contributed by atoms with Crippen LogP contribution in [0.4, 0.5) is 5.69 Å². The first-order chi connectivity index (χ1) is 7.34. The molecule has 1 heterocycles. The molecule has 1 N–H and O–H groups in total. The molecule has 1 aliphatic heterocycles. The molecule has 2 heteroatoms. The van der Waals surface area contributed by atoms with Crippen molar-refractivity contribution >= 4 is 5.69 Å². The van der Waals surface area contributed by atoms with Crippen LogP contribution in [0.1, 0.15) is 18.4 Å². The predicted octanol–water partition coefficient (Wildman–Crippen LogP) is 2.83. The Bertz CT molecular complexity index is 305. The first-order valence-electron chi connectivity index (χ1n) is 5.73. The van der Waals surface area contributed by atoms with Gasteiger partial charge in [0, 0.05) is 18.8 Å². The Hall–Kier alpha value is -1.02. The second kappa shape index (κ2) is 5.17. The Labute approximate surface area is 91.6 Å². The summed E-state index contributed by atoms with van der Waals surface area (Å²) in [6, 6.07) is 8.52. The highest BCUT2D eigenvalue weighted by atomic mass is 16.5. The van der Waals surface area contributed by atoms with Crippen molar-refractivity contribution in [2.24, 2.45) is 5.92 Å². The van der Waals surface area contributed by atoms with E-state index in [4.69, 9.17) is 4.74 Å². The summed E-state index contributed by atoms with van der Waals surface area (Å²) in [6.07, 6.45) is 2.50. The van der Waals surface area contributed by atoms with Crippen molar-refractivity contribution in [1.82, 2.24) is 0 Å². The lowest BCUT2D eigenvalue weighted by molar-refractivity contribution is 0.0595. The Morgan fingerprint density at radius 3 is 3.13 bits per heavy atom. The number of hydrogen-bond acceptors (Lipinski definition) is 2. The van der Waals surface area contributed by atoms with E-state index in [0.717, 1.165) is 19.8 Å². The number of anilines is 1. The lowest BCUT2D eigenvalue weighted by Gasteiger charge is -2.22. The van der Waals surface area contributed by atoms with Crippen LogP contribution in [0.25, 0.3) is 0 Å². The topological polar surface area (TPSA) is 21.3 Å². The van der Waals surface area contributed by atoms with Gasteiger partial charge in [0.05, 0.1) is 6.61 Å². The van der Waals surface area contributed by atoms with E-state index >= 15 is 0 Å². The van der Waals surface area contributed by atoms with E-state index in [-0.39, 0.29) is 0 Å². The van der Waals surface area contributed by atoms with E-state index < -0.39 is 0 Å². The maximum Gasteiger partial charge on any atom is 0.0511 e. The SMILES string of the molecule is Cc1cccc(NCC2CCCOC2)c1. The normalized spacial score (nSPS) is 21.3. The molecule has 0 aliphatic carbocycles. The van der Waals surface area contributed by atoms with E-state index in [0.29, 0.717) is 5.92 Å². The van der Waals surface area contributed by atoms with Crippen LogP contribution in [0.15, 0.2) is 24.3 Å². The van der Waals surface area contributed by atoms with Crippen molar-refractivity contribution in [3.05, 3.63) is 29.8 Å². The molecule has 0 amide bonds. The lowest BCUT2D eigenvalue weighted by atomic mass is 10.0. The monoisotopic (exact) mass is 205 g/mol. The molecular weight excluding hydrogens is 186 g/mol. The maximum absolute atomic E-state index is 5.45. The molecule has 0 bridgehead atoms. The van der Waals surface area contributed by atoms with Gasteiger partial charge < -0.3 is 10.1 Å². The summed E-state index contributed by atoms with van der Waals surface area (Å²) in [5, 5.41) is 3.48. The van der Waals surface area contributed by atoms with Crippen molar-refractivity contribution < 1.29 is 4.74 Å². The molecule has 0 saturated carbocycles. The highest BCUT2D eigenvalue weighted by Gasteiger charge is 2.12. The van der Waals surface area contributed by atoms with Crippen molar-refractivity contribution in [3.8, 4) is 0 Å². The third kappa shape index (κ3) is 3.24. The van der Waals surface area contributed by atoms with Crippen LogP contribution in [-0.2, 0) is 4.74 Å². The maximum atomic E-state index is 5.45. The van der Waals surface area contributed by atoms with Crippen LogP contribution in [-0.4, -0.2) is 19.8 Å². The van der Waals surface area contributed by atoms with E-state index in [9.17, 15) is 0 Å². The van der Waals surface area contributed by atoms with E-state index in [1.807, 2.05) is 0 Å². The molecule has 1 aromatic carbocycles. The summed E-state index contributed by atoms with van der Waals surface area (Å²) in [5.74, 6) is 0.680. The summed E-state index contributed by atoms with van der Waals surface area (Å²) in [7, 11) is 0. The molecule has 0 radical (unpaired) electrons. The number of ether oxygens (including phenoxy) is 1. The zero-order valence-corrected chi connectivity index (χ0v) is 9.33. The summed E-state index contributed by atoms with van der Waals surface area (Å²) in [4.78, 5) is 0. The largest absolute Gasteiger partial charge is 0.385 e. The molecule has 1 aliphatic rings. The molecule has 0 spiro atoms. The molecule has 1 saturated heterocycles. The van der Waals surface area contributed by atoms with Gasteiger partial charge >= 0.3 is 0 Å². The number of benzene rings is 1. The number of rotatable bonds is 3. The van der Waals surface area contributed by atoms with Gasteiger partial charge in [-0.3, -0.25) is 0 Å². The van der Waals surface area contributed by atoms with Gasteiger partial charge in [-0.05, 0) is 43.4 Å².